The number of nitrogens with zero attached hydrogens (tertiary/aromatic N) is 2. The van der Waals surface area contributed by atoms with Gasteiger partial charge >= 0.3 is 0 Å². The lowest BCUT2D eigenvalue weighted by Crippen LogP contribution is -2.15. The van der Waals surface area contributed by atoms with Crippen molar-refractivity contribution in [3.05, 3.63) is 193 Å². The molecule has 0 N–H and O–H groups in total. The van der Waals surface area contributed by atoms with Gasteiger partial charge in [0, 0.05) is 39.1 Å². The quantitative estimate of drug-likeness (QED) is 0.178. The second-order valence-corrected chi connectivity index (χ2v) is 13.4. The topological polar surface area (TPSA) is 8.17 Å². The minimum Gasteiger partial charge on any atom is -0.310 e. The Labute approximate surface area is 288 Å². The van der Waals surface area contributed by atoms with E-state index in [0.29, 0.717) is 0 Å². The molecule has 8 aromatic rings. The Morgan fingerprint density at radius 1 is 0.449 bits per heavy atom. The van der Waals surface area contributed by atoms with E-state index >= 15 is 0 Å². The van der Waals surface area contributed by atoms with Crippen LogP contribution in [-0.2, 0) is 5.41 Å². The maximum atomic E-state index is 2.47. The summed E-state index contributed by atoms with van der Waals surface area (Å²) in [6.07, 6.45) is 0. The van der Waals surface area contributed by atoms with Crippen LogP contribution in [0, 0.1) is 0 Å². The highest BCUT2D eigenvalue weighted by atomic mass is 15.1. The highest BCUT2D eigenvalue weighted by molar-refractivity contribution is 6.00. The van der Waals surface area contributed by atoms with Crippen molar-refractivity contribution in [3.8, 4) is 39.2 Å². The fourth-order valence-electron chi connectivity index (χ4n) is 7.83. The third-order valence-corrected chi connectivity index (χ3v) is 10.2. The Balaban J connectivity index is 1.23. The van der Waals surface area contributed by atoms with Crippen LogP contribution in [-0.4, -0.2) is 4.57 Å². The van der Waals surface area contributed by atoms with Gasteiger partial charge in [-0.2, -0.15) is 0 Å². The van der Waals surface area contributed by atoms with Crippen LogP contribution in [0.5, 0.6) is 0 Å². The van der Waals surface area contributed by atoms with Gasteiger partial charge in [-0.05, 0) is 88.0 Å². The van der Waals surface area contributed by atoms with E-state index in [0.717, 1.165) is 17.1 Å². The fourth-order valence-corrected chi connectivity index (χ4v) is 7.83. The number of hydrogen-bond donors (Lipinski definition) is 0. The largest absolute Gasteiger partial charge is 0.310 e. The molecule has 0 unspecified atom stereocenters. The maximum absolute atomic E-state index is 2.47. The van der Waals surface area contributed by atoms with E-state index in [1.54, 1.807) is 0 Å². The summed E-state index contributed by atoms with van der Waals surface area (Å²) < 4.78 is 2.47. The van der Waals surface area contributed by atoms with Crippen LogP contribution in [0.3, 0.4) is 0 Å². The van der Waals surface area contributed by atoms with Gasteiger partial charge in [0.15, 0.2) is 0 Å². The normalized spacial score (nSPS) is 12.9. The van der Waals surface area contributed by atoms with Gasteiger partial charge in [-0.3, -0.25) is 0 Å². The first-order valence-electron chi connectivity index (χ1n) is 17.0. The molecule has 2 heteroatoms. The molecule has 9 rings (SSSR count). The van der Waals surface area contributed by atoms with Crippen molar-refractivity contribution in [2.75, 3.05) is 4.90 Å². The minimum atomic E-state index is -0.150. The molecule has 0 fully saturated rings. The Bertz CT molecular complexity index is 2340. The Morgan fingerprint density at radius 2 is 0.918 bits per heavy atom. The van der Waals surface area contributed by atoms with Crippen molar-refractivity contribution >= 4 is 28.0 Å². The van der Waals surface area contributed by atoms with Gasteiger partial charge < -0.3 is 9.47 Å². The van der Waals surface area contributed by atoms with Crippen molar-refractivity contribution < 1.29 is 0 Å². The molecule has 49 heavy (non-hydrogen) atoms. The van der Waals surface area contributed by atoms with Crippen LogP contribution in [0.2, 0.25) is 0 Å². The zero-order chi connectivity index (χ0) is 33.0. The van der Waals surface area contributed by atoms with E-state index in [1.807, 2.05) is 0 Å². The number of rotatable bonds is 6. The fraction of sp³-hybridized carbons (Fsp3) is 0.0638. The third-order valence-electron chi connectivity index (χ3n) is 10.2. The minimum absolute atomic E-state index is 0.150. The molecule has 0 aliphatic heterocycles. The first-order chi connectivity index (χ1) is 24.1. The summed E-state index contributed by atoms with van der Waals surface area (Å²) in [6, 6.07) is 65.9. The molecule has 7 aromatic carbocycles. The van der Waals surface area contributed by atoms with E-state index in [1.165, 1.54) is 61.2 Å². The Morgan fingerprint density at radius 3 is 1.49 bits per heavy atom. The van der Waals surface area contributed by atoms with Crippen LogP contribution < -0.4 is 4.90 Å². The number of aromatic nitrogens is 1. The second-order valence-electron chi connectivity index (χ2n) is 13.4. The third kappa shape index (κ3) is 4.79. The SMILES string of the molecule is CC1(C)c2ccc(N(c3ccc(-c4ccccc4)cc3)c3ccc(-c4ccccc4)cc3)cc2-c2c1c1ccccc1n2-c1ccccc1. The molecule has 0 amide bonds. The van der Waals surface area contributed by atoms with Gasteiger partial charge in [0.25, 0.3) is 0 Å². The molecule has 1 heterocycles. The average Bonchev–Trinajstić information content (AvgIpc) is 3.63. The number of benzene rings is 7. The number of anilines is 3. The summed E-state index contributed by atoms with van der Waals surface area (Å²) in [6.45, 7) is 4.75. The predicted octanol–water partition coefficient (Wildman–Crippen LogP) is 12.7. The summed E-state index contributed by atoms with van der Waals surface area (Å²) >= 11 is 0. The summed E-state index contributed by atoms with van der Waals surface area (Å²) in [4.78, 5) is 2.39. The summed E-state index contributed by atoms with van der Waals surface area (Å²) in [7, 11) is 0. The molecule has 0 saturated heterocycles. The second kappa shape index (κ2) is 11.5. The van der Waals surface area contributed by atoms with Crippen LogP contribution in [0.15, 0.2) is 182 Å². The lowest BCUT2D eigenvalue weighted by atomic mass is 9.81. The van der Waals surface area contributed by atoms with Crippen molar-refractivity contribution in [1.29, 1.82) is 0 Å². The highest BCUT2D eigenvalue weighted by Crippen LogP contribution is 2.55. The number of para-hydroxylation sites is 2. The van der Waals surface area contributed by atoms with Crippen molar-refractivity contribution in [2.45, 2.75) is 19.3 Å². The monoisotopic (exact) mass is 628 g/mol. The standard InChI is InChI=1S/C47H36N2/c1-47(2)43-31-30-40(32-42(43)46-45(47)41-20-12-13-21-44(41)49(46)37-18-10-5-11-19-37)48(38-26-22-35(23-27-38)33-14-6-3-7-15-33)39-28-24-36(25-29-39)34-16-8-4-9-17-34/h3-32H,1-2H3. The molecule has 234 valence electrons. The first kappa shape index (κ1) is 29.1. The van der Waals surface area contributed by atoms with Gasteiger partial charge in [-0.25, -0.2) is 0 Å². The van der Waals surface area contributed by atoms with Crippen LogP contribution in [0.4, 0.5) is 17.1 Å². The van der Waals surface area contributed by atoms with Crippen molar-refractivity contribution in [2.24, 2.45) is 0 Å². The van der Waals surface area contributed by atoms with E-state index < -0.39 is 0 Å². The number of hydrogen-bond acceptors (Lipinski definition) is 1. The van der Waals surface area contributed by atoms with Crippen molar-refractivity contribution in [1.82, 2.24) is 4.57 Å². The summed E-state index contributed by atoms with van der Waals surface area (Å²) in [5.41, 5.74) is 15.8. The lowest BCUT2D eigenvalue weighted by Gasteiger charge is -2.28. The molecule has 0 bridgehead atoms. The Kier molecular flexibility index (Phi) is 6.84. The van der Waals surface area contributed by atoms with E-state index in [2.05, 4.69) is 205 Å². The average molecular weight is 629 g/mol. The predicted molar refractivity (Wildman–Crippen MR) is 206 cm³/mol. The molecule has 2 nitrogen and oxygen atoms in total. The molecule has 1 aliphatic carbocycles. The van der Waals surface area contributed by atoms with Gasteiger partial charge in [-0.1, -0.05) is 141 Å². The van der Waals surface area contributed by atoms with E-state index in [4.69, 9.17) is 0 Å². The van der Waals surface area contributed by atoms with E-state index in [9.17, 15) is 0 Å². The lowest BCUT2D eigenvalue weighted by molar-refractivity contribution is 0.666. The van der Waals surface area contributed by atoms with Gasteiger partial charge in [-0.15, -0.1) is 0 Å². The highest BCUT2D eigenvalue weighted by Gasteiger charge is 2.41. The molecular formula is C47H36N2. The molecule has 0 atom stereocenters. The van der Waals surface area contributed by atoms with E-state index in [-0.39, 0.29) is 5.41 Å². The molecule has 1 aliphatic rings. The number of fused-ring (bicyclic) bond motifs is 5. The summed E-state index contributed by atoms with van der Waals surface area (Å²) in [5, 5.41) is 1.31. The van der Waals surface area contributed by atoms with Gasteiger partial charge in [0.1, 0.15) is 0 Å². The summed E-state index contributed by atoms with van der Waals surface area (Å²) in [5.74, 6) is 0. The smallest absolute Gasteiger partial charge is 0.0585 e. The van der Waals surface area contributed by atoms with Gasteiger partial charge in [0.05, 0.1) is 11.2 Å². The van der Waals surface area contributed by atoms with Crippen LogP contribution in [0.1, 0.15) is 25.0 Å². The molecule has 0 spiro atoms. The van der Waals surface area contributed by atoms with Crippen LogP contribution in [0.25, 0.3) is 50.1 Å². The zero-order valence-corrected chi connectivity index (χ0v) is 27.7. The van der Waals surface area contributed by atoms with Gasteiger partial charge in [0.2, 0.25) is 0 Å². The maximum Gasteiger partial charge on any atom is 0.0585 e. The van der Waals surface area contributed by atoms with Crippen LogP contribution >= 0.6 is 0 Å². The van der Waals surface area contributed by atoms with Crippen molar-refractivity contribution in [3.63, 3.8) is 0 Å². The molecule has 0 radical (unpaired) electrons. The molecule has 0 saturated carbocycles. The first-order valence-corrected chi connectivity index (χ1v) is 17.0. The molecule has 1 aromatic heterocycles. The molecular weight excluding hydrogens is 593 g/mol. The zero-order valence-electron chi connectivity index (χ0n) is 27.7. The Hall–Kier alpha value is -6.12.